The van der Waals surface area contributed by atoms with Crippen molar-refractivity contribution < 1.29 is 9.90 Å². The van der Waals surface area contributed by atoms with E-state index >= 15 is 0 Å². The van der Waals surface area contributed by atoms with Crippen molar-refractivity contribution in [1.82, 2.24) is 0 Å². The lowest BCUT2D eigenvalue weighted by Crippen LogP contribution is -2.28. The van der Waals surface area contributed by atoms with Gasteiger partial charge in [-0.1, -0.05) is 121 Å². The van der Waals surface area contributed by atoms with Gasteiger partial charge in [-0.05, 0) is 28.3 Å². The molecule has 0 saturated carbocycles. The van der Waals surface area contributed by atoms with Crippen LogP contribution in [0, 0.1) is 0 Å². The number of hydrogen-bond donors (Lipinski definition) is 1. The zero-order valence-corrected chi connectivity index (χ0v) is 17.5. The number of hydrogen-bond acceptors (Lipinski definition) is 2. The number of carbonyl (C=O) groups is 1. The summed E-state index contributed by atoms with van der Waals surface area (Å²) in [4.78, 5) is 14.0. The molecule has 1 aliphatic rings. The highest BCUT2D eigenvalue weighted by atomic mass is 16.3. The maximum absolute atomic E-state index is 14.0. The summed E-state index contributed by atoms with van der Waals surface area (Å²) < 4.78 is 0. The number of benzene rings is 4. The Morgan fingerprint density at radius 2 is 1.06 bits per heavy atom. The summed E-state index contributed by atoms with van der Waals surface area (Å²) in [6, 6.07) is 38.4. The fourth-order valence-electron chi connectivity index (χ4n) is 4.43. The van der Waals surface area contributed by atoms with Crippen LogP contribution in [0.15, 0.2) is 127 Å². The molecule has 0 bridgehead atoms. The number of aliphatic hydroxyl groups is 1. The molecule has 32 heavy (non-hydrogen) atoms. The fraction of sp³-hybridized carbons (Fsp3) is 0.0333. The average Bonchev–Trinajstić information content (AvgIpc) is 3.09. The van der Waals surface area contributed by atoms with Gasteiger partial charge in [-0.15, -0.1) is 0 Å². The predicted molar refractivity (Wildman–Crippen MR) is 129 cm³/mol. The van der Waals surface area contributed by atoms with Gasteiger partial charge in [0.2, 0.25) is 0 Å². The smallest absolute Gasteiger partial charge is 0.193 e. The second-order valence-corrected chi connectivity index (χ2v) is 7.86. The topological polar surface area (TPSA) is 37.3 Å². The molecule has 0 spiro atoms. The van der Waals surface area contributed by atoms with Crippen molar-refractivity contribution in [2.75, 3.05) is 0 Å². The first kappa shape index (κ1) is 19.9. The molecule has 0 fully saturated rings. The van der Waals surface area contributed by atoms with Crippen molar-refractivity contribution >= 4 is 23.0 Å². The number of Topliss-reactive ketones (excluding diaryl/α,β-unsaturated/α-hetero) is 1. The van der Waals surface area contributed by atoms with Gasteiger partial charge >= 0.3 is 0 Å². The van der Waals surface area contributed by atoms with Gasteiger partial charge in [-0.3, -0.25) is 4.79 Å². The first-order chi connectivity index (χ1) is 15.7. The van der Waals surface area contributed by atoms with Gasteiger partial charge in [0, 0.05) is 16.7 Å². The Morgan fingerprint density at radius 3 is 1.62 bits per heavy atom. The molecule has 2 heteroatoms. The molecule has 4 aromatic carbocycles. The predicted octanol–water partition coefficient (Wildman–Crippen LogP) is 6.15. The molecule has 0 aliphatic heterocycles. The van der Waals surface area contributed by atoms with Crippen LogP contribution < -0.4 is 0 Å². The fourth-order valence-corrected chi connectivity index (χ4v) is 4.43. The molecule has 1 atom stereocenters. The van der Waals surface area contributed by atoms with Crippen molar-refractivity contribution in [3.63, 3.8) is 0 Å². The third-order valence-electron chi connectivity index (χ3n) is 5.90. The Labute approximate surface area is 187 Å². The van der Waals surface area contributed by atoms with Crippen LogP contribution in [0.5, 0.6) is 0 Å². The summed E-state index contributed by atoms with van der Waals surface area (Å²) in [6.45, 7) is 0. The van der Waals surface area contributed by atoms with Gasteiger partial charge in [0.25, 0.3) is 0 Å². The molecule has 1 unspecified atom stereocenters. The maximum Gasteiger partial charge on any atom is 0.193 e. The summed E-state index contributed by atoms with van der Waals surface area (Å²) >= 11 is 0. The normalized spacial score (nSPS) is 19.5. The summed E-state index contributed by atoms with van der Waals surface area (Å²) in [5.41, 5.74) is 3.07. The third kappa shape index (κ3) is 3.31. The van der Waals surface area contributed by atoms with Crippen LogP contribution in [0.1, 0.15) is 22.3 Å². The molecule has 2 nitrogen and oxygen atoms in total. The van der Waals surface area contributed by atoms with Crippen molar-refractivity contribution in [3.8, 4) is 0 Å². The van der Waals surface area contributed by atoms with Gasteiger partial charge in [0.05, 0.1) is 0 Å². The molecule has 154 valence electrons. The second-order valence-electron chi connectivity index (χ2n) is 7.86. The Hall–Kier alpha value is -4.01. The van der Waals surface area contributed by atoms with Gasteiger partial charge in [0.1, 0.15) is 5.60 Å². The van der Waals surface area contributed by atoms with Crippen LogP contribution in [0.25, 0.3) is 17.2 Å². The highest BCUT2D eigenvalue weighted by Gasteiger charge is 2.50. The van der Waals surface area contributed by atoms with E-state index in [1.54, 1.807) is 0 Å². The van der Waals surface area contributed by atoms with Gasteiger partial charge in [-0.2, -0.15) is 0 Å². The van der Waals surface area contributed by atoms with Crippen LogP contribution in [0.2, 0.25) is 0 Å². The summed E-state index contributed by atoms with van der Waals surface area (Å²) in [6.07, 6.45) is 1.81. The SMILES string of the molecule is O=C1C(c2ccccc2)=C(c2ccccc2)C(O)(c2ccccc2)/C1=C/c1ccccc1. The minimum absolute atomic E-state index is 0.162. The molecule has 0 heterocycles. The minimum atomic E-state index is -1.58. The zero-order valence-electron chi connectivity index (χ0n) is 17.5. The van der Waals surface area contributed by atoms with E-state index in [-0.39, 0.29) is 5.78 Å². The number of allylic oxidation sites excluding steroid dienone is 1. The lowest BCUT2D eigenvalue weighted by molar-refractivity contribution is -0.111. The quantitative estimate of drug-likeness (QED) is 0.407. The molecule has 0 aromatic heterocycles. The minimum Gasteiger partial charge on any atom is -0.376 e. The van der Waals surface area contributed by atoms with Gasteiger partial charge < -0.3 is 5.11 Å². The highest BCUT2D eigenvalue weighted by Crippen LogP contribution is 2.53. The monoisotopic (exact) mass is 414 g/mol. The molecular formula is C30H22O2. The number of carbonyl (C=O) groups excluding carboxylic acids is 1. The lowest BCUT2D eigenvalue weighted by Gasteiger charge is -2.29. The number of ketones is 1. The first-order valence-corrected chi connectivity index (χ1v) is 10.6. The molecule has 0 saturated heterocycles. The van der Waals surface area contributed by atoms with Crippen LogP contribution in [0.4, 0.5) is 0 Å². The molecular weight excluding hydrogens is 392 g/mol. The van der Waals surface area contributed by atoms with E-state index in [0.717, 1.165) is 16.7 Å². The molecule has 0 amide bonds. The van der Waals surface area contributed by atoms with E-state index in [4.69, 9.17) is 0 Å². The van der Waals surface area contributed by atoms with Gasteiger partial charge in [-0.25, -0.2) is 0 Å². The Kier molecular flexibility index (Phi) is 5.14. The largest absolute Gasteiger partial charge is 0.376 e. The Morgan fingerprint density at radius 1 is 0.594 bits per heavy atom. The molecule has 0 radical (unpaired) electrons. The van der Waals surface area contributed by atoms with E-state index < -0.39 is 5.60 Å². The van der Waals surface area contributed by atoms with Crippen molar-refractivity contribution in [2.45, 2.75) is 5.60 Å². The molecule has 4 aromatic rings. The van der Waals surface area contributed by atoms with Crippen molar-refractivity contribution in [1.29, 1.82) is 0 Å². The number of rotatable bonds is 4. The van der Waals surface area contributed by atoms with Crippen molar-refractivity contribution in [2.24, 2.45) is 0 Å². The Balaban J connectivity index is 1.87. The van der Waals surface area contributed by atoms with Crippen LogP contribution >= 0.6 is 0 Å². The van der Waals surface area contributed by atoms with Crippen LogP contribution in [0.3, 0.4) is 0 Å². The van der Waals surface area contributed by atoms with E-state index in [0.29, 0.717) is 22.3 Å². The van der Waals surface area contributed by atoms with E-state index in [1.165, 1.54) is 0 Å². The molecule has 1 aliphatic carbocycles. The molecule has 1 N–H and O–H groups in total. The summed E-state index contributed by atoms with van der Waals surface area (Å²) in [7, 11) is 0. The second kappa shape index (κ2) is 8.26. The molecule has 5 rings (SSSR count). The average molecular weight is 415 g/mol. The van der Waals surface area contributed by atoms with E-state index in [1.807, 2.05) is 127 Å². The summed E-state index contributed by atoms with van der Waals surface area (Å²) in [5, 5.41) is 12.5. The maximum atomic E-state index is 14.0. The van der Waals surface area contributed by atoms with E-state index in [9.17, 15) is 9.90 Å². The standard InChI is InChI=1S/C30H22O2/c31-29-26(21-22-13-5-1-6-14-22)30(32,25-19-11-4-12-20-25)28(24-17-9-3-10-18-24)27(29)23-15-7-2-8-16-23/h1-21,32H/b26-21+. The lowest BCUT2D eigenvalue weighted by atomic mass is 9.80. The van der Waals surface area contributed by atoms with E-state index in [2.05, 4.69) is 0 Å². The van der Waals surface area contributed by atoms with Gasteiger partial charge in [0.15, 0.2) is 5.78 Å². The van der Waals surface area contributed by atoms with Crippen LogP contribution in [-0.2, 0) is 10.4 Å². The zero-order chi connectivity index (χ0) is 22.0. The summed E-state index contributed by atoms with van der Waals surface area (Å²) in [5.74, 6) is -0.162. The van der Waals surface area contributed by atoms with Crippen molar-refractivity contribution in [3.05, 3.63) is 149 Å². The highest BCUT2D eigenvalue weighted by molar-refractivity contribution is 6.41. The first-order valence-electron chi connectivity index (χ1n) is 10.6. The van der Waals surface area contributed by atoms with Crippen LogP contribution in [-0.4, -0.2) is 10.9 Å². The Bertz CT molecular complexity index is 1300. The third-order valence-corrected chi connectivity index (χ3v) is 5.90.